The zero-order valence-corrected chi connectivity index (χ0v) is 14.5. The molecule has 0 aromatic heterocycles. The molecule has 5 heteroatoms. The molecule has 1 aliphatic rings. The zero-order chi connectivity index (χ0) is 16.8. The lowest BCUT2D eigenvalue weighted by molar-refractivity contribution is 0.0102. The molecule has 2 aromatic rings. The van der Waals surface area contributed by atoms with Gasteiger partial charge in [0.05, 0.1) is 18.5 Å². The first-order valence-electron chi connectivity index (χ1n) is 8.31. The summed E-state index contributed by atoms with van der Waals surface area (Å²) in [4.78, 5) is 0. The summed E-state index contributed by atoms with van der Waals surface area (Å²) in [5.74, 6) is 0.0728. The van der Waals surface area contributed by atoms with Gasteiger partial charge in [-0.05, 0) is 24.0 Å². The molecule has 1 aliphatic heterocycles. The Bertz CT molecular complexity index is 724. The Kier molecular flexibility index (Phi) is 5.66. The van der Waals surface area contributed by atoms with E-state index in [9.17, 15) is 8.42 Å². The highest BCUT2D eigenvalue weighted by Gasteiger charge is 2.28. The third kappa shape index (κ3) is 4.66. The molecule has 0 saturated carbocycles. The predicted octanol–water partition coefficient (Wildman–Crippen LogP) is 3.20. The van der Waals surface area contributed by atoms with Gasteiger partial charge in [-0.15, -0.1) is 0 Å². The normalized spacial score (nSPS) is 17.0. The molecular formula is C19H23NO3S. The second-order valence-corrected chi connectivity index (χ2v) is 8.11. The van der Waals surface area contributed by atoms with E-state index >= 15 is 0 Å². The van der Waals surface area contributed by atoms with Gasteiger partial charge in [0, 0.05) is 13.1 Å². The fourth-order valence-electron chi connectivity index (χ4n) is 2.94. The molecule has 3 rings (SSSR count). The van der Waals surface area contributed by atoms with E-state index in [0.29, 0.717) is 19.7 Å². The zero-order valence-electron chi connectivity index (χ0n) is 13.7. The molecule has 0 unspecified atom stereocenters. The average Bonchev–Trinajstić information content (AvgIpc) is 2.62. The molecule has 0 aliphatic carbocycles. The van der Waals surface area contributed by atoms with Crippen molar-refractivity contribution in [1.82, 2.24) is 4.31 Å². The lowest BCUT2D eigenvalue weighted by atomic mass is 10.1. The fraction of sp³-hybridized carbons (Fsp3) is 0.368. The van der Waals surface area contributed by atoms with Gasteiger partial charge >= 0.3 is 0 Å². The minimum atomic E-state index is -3.25. The molecule has 0 radical (unpaired) electrons. The van der Waals surface area contributed by atoms with Crippen LogP contribution in [0.2, 0.25) is 0 Å². The Labute approximate surface area is 144 Å². The third-order valence-corrected chi connectivity index (χ3v) is 6.16. The summed E-state index contributed by atoms with van der Waals surface area (Å²) < 4.78 is 32.6. The Morgan fingerprint density at radius 1 is 0.875 bits per heavy atom. The van der Waals surface area contributed by atoms with Crippen LogP contribution >= 0.6 is 0 Å². The molecule has 0 spiro atoms. The second kappa shape index (κ2) is 7.92. The van der Waals surface area contributed by atoms with Crippen molar-refractivity contribution in [2.75, 3.05) is 13.1 Å². The summed E-state index contributed by atoms with van der Waals surface area (Å²) in [6.07, 6.45) is 1.63. The van der Waals surface area contributed by atoms with Crippen molar-refractivity contribution in [3.63, 3.8) is 0 Å². The van der Waals surface area contributed by atoms with Crippen LogP contribution in [0.4, 0.5) is 0 Å². The first-order chi connectivity index (χ1) is 11.6. The highest BCUT2D eigenvalue weighted by atomic mass is 32.2. The second-order valence-electron chi connectivity index (χ2n) is 6.14. The molecule has 0 N–H and O–H groups in total. The SMILES string of the molecule is O=S(=O)(Cc1ccccc1)N1CCC(OCc2ccccc2)CC1. The fourth-order valence-corrected chi connectivity index (χ4v) is 4.50. The highest BCUT2D eigenvalue weighted by molar-refractivity contribution is 7.88. The number of benzene rings is 2. The van der Waals surface area contributed by atoms with E-state index in [1.807, 2.05) is 60.7 Å². The van der Waals surface area contributed by atoms with Crippen LogP contribution < -0.4 is 0 Å². The van der Waals surface area contributed by atoms with E-state index < -0.39 is 10.0 Å². The first-order valence-corrected chi connectivity index (χ1v) is 9.92. The molecule has 24 heavy (non-hydrogen) atoms. The molecule has 2 aromatic carbocycles. The van der Waals surface area contributed by atoms with Gasteiger partial charge in [0.1, 0.15) is 0 Å². The van der Waals surface area contributed by atoms with Gasteiger partial charge in [0.25, 0.3) is 0 Å². The summed E-state index contributed by atoms with van der Waals surface area (Å²) in [6.45, 7) is 1.66. The molecule has 0 atom stereocenters. The number of hydrogen-bond donors (Lipinski definition) is 0. The molecule has 4 nitrogen and oxygen atoms in total. The number of sulfonamides is 1. The summed E-state index contributed by atoms with van der Waals surface area (Å²) >= 11 is 0. The Morgan fingerprint density at radius 3 is 2.00 bits per heavy atom. The largest absolute Gasteiger partial charge is 0.373 e. The van der Waals surface area contributed by atoms with Crippen molar-refractivity contribution in [3.8, 4) is 0 Å². The van der Waals surface area contributed by atoms with Crippen molar-refractivity contribution in [2.24, 2.45) is 0 Å². The van der Waals surface area contributed by atoms with Crippen molar-refractivity contribution >= 4 is 10.0 Å². The lowest BCUT2D eigenvalue weighted by Crippen LogP contribution is -2.41. The van der Waals surface area contributed by atoms with Gasteiger partial charge in [-0.3, -0.25) is 0 Å². The maximum atomic E-state index is 12.5. The van der Waals surface area contributed by atoms with Gasteiger partial charge in [-0.1, -0.05) is 60.7 Å². The van der Waals surface area contributed by atoms with Gasteiger partial charge in [-0.2, -0.15) is 0 Å². The quantitative estimate of drug-likeness (QED) is 0.808. The van der Waals surface area contributed by atoms with Gasteiger partial charge in [-0.25, -0.2) is 12.7 Å². The minimum Gasteiger partial charge on any atom is -0.373 e. The highest BCUT2D eigenvalue weighted by Crippen LogP contribution is 2.20. The van der Waals surface area contributed by atoms with E-state index in [2.05, 4.69) is 0 Å². The number of hydrogen-bond acceptors (Lipinski definition) is 3. The Morgan fingerprint density at radius 2 is 1.42 bits per heavy atom. The number of ether oxygens (including phenoxy) is 1. The van der Waals surface area contributed by atoms with E-state index in [-0.39, 0.29) is 11.9 Å². The molecule has 1 heterocycles. The molecule has 0 amide bonds. The maximum absolute atomic E-state index is 12.5. The van der Waals surface area contributed by atoms with E-state index in [1.54, 1.807) is 4.31 Å². The van der Waals surface area contributed by atoms with Crippen LogP contribution in [-0.2, 0) is 27.1 Å². The Balaban J connectivity index is 1.49. The predicted molar refractivity (Wildman–Crippen MR) is 94.9 cm³/mol. The van der Waals surface area contributed by atoms with Crippen molar-refractivity contribution in [2.45, 2.75) is 31.3 Å². The van der Waals surface area contributed by atoms with Crippen molar-refractivity contribution in [1.29, 1.82) is 0 Å². The van der Waals surface area contributed by atoms with Crippen LogP contribution in [0.25, 0.3) is 0 Å². The van der Waals surface area contributed by atoms with Crippen LogP contribution in [0.1, 0.15) is 24.0 Å². The molecular weight excluding hydrogens is 322 g/mol. The summed E-state index contributed by atoms with van der Waals surface area (Å²) in [5.41, 5.74) is 1.98. The Hall–Kier alpha value is -1.69. The summed E-state index contributed by atoms with van der Waals surface area (Å²) in [6, 6.07) is 19.4. The third-order valence-electron chi connectivity index (χ3n) is 4.31. The van der Waals surface area contributed by atoms with Crippen molar-refractivity contribution < 1.29 is 13.2 Å². The standard InChI is InChI=1S/C19H23NO3S/c21-24(22,16-18-9-5-2-6-10-18)20-13-11-19(12-14-20)23-15-17-7-3-1-4-8-17/h1-10,19H,11-16H2. The lowest BCUT2D eigenvalue weighted by Gasteiger charge is -2.31. The van der Waals surface area contributed by atoms with E-state index in [1.165, 1.54) is 0 Å². The van der Waals surface area contributed by atoms with Crippen LogP contribution in [0.15, 0.2) is 60.7 Å². The number of nitrogens with zero attached hydrogens (tertiary/aromatic N) is 1. The van der Waals surface area contributed by atoms with Gasteiger partial charge in [0.2, 0.25) is 10.0 Å². The van der Waals surface area contributed by atoms with E-state index in [0.717, 1.165) is 24.0 Å². The smallest absolute Gasteiger partial charge is 0.218 e. The minimum absolute atomic E-state index is 0.0728. The van der Waals surface area contributed by atoms with Crippen molar-refractivity contribution in [3.05, 3.63) is 71.8 Å². The molecule has 1 saturated heterocycles. The van der Waals surface area contributed by atoms with E-state index in [4.69, 9.17) is 4.74 Å². The molecule has 1 fully saturated rings. The summed E-state index contributed by atoms with van der Waals surface area (Å²) in [7, 11) is -3.25. The van der Waals surface area contributed by atoms with Crippen LogP contribution in [-0.4, -0.2) is 31.9 Å². The summed E-state index contributed by atoms with van der Waals surface area (Å²) in [5, 5.41) is 0. The van der Waals surface area contributed by atoms with Crippen LogP contribution in [0, 0.1) is 0 Å². The number of rotatable bonds is 6. The first kappa shape index (κ1) is 17.1. The van der Waals surface area contributed by atoms with Gasteiger partial charge in [0.15, 0.2) is 0 Å². The van der Waals surface area contributed by atoms with Crippen LogP contribution in [0.5, 0.6) is 0 Å². The molecule has 0 bridgehead atoms. The maximum Gasteiger partial charge on any atom is 0.218 e. The topological polar surface area (TPSA) is 46.6 Å². The molecule has 128 valence electrons. The number of piperidine rings is 1. The monoisotopic (exact) mass is 345 g/mol. The average molecular weight is 345 g/mol. The van der Waals surface area contributed by atoms with Gasteiger partial charge < -0.3 is 4.74 Å². The van der Waals surface area contributed by atoms with Crippen LogP contribution in [0.3, 0.4) is 0 Å².